The predicted octanol–water partition coefficient (Wildman–Crippen LogP) is 0.445. The van der Waals surface area contributed by atoms with Crippen molar-refractivity contribution < 1.29 is 18.9 Å². The Morgan fingerprint density at radius 3 is 2.75 bits per heavy atom. The normalized spacial score (nSPS) is 14.1. The zero-order valence-electron chi connectivity index (χ0n) is 8.50. The summed E-state index contributed by atoms with van der Waals surface area (Å²) < 4.78 is 12.3. The van der Waals surface area contributed by atoms with E-state index in [0.717, 1.165) is 0 Å². The summed E-state index contributed by atoms with van der Waals surface area (Å²) in [7, 11) is -1.40. The average molecular weight is 261 g/mol. The van der Waals surface area contributed by atoms with Gasteiger partial charge in [-0.1, -0.05) is 6.07 Å². The fraction of sp³-hybridized carbons (Fsp3) is 0.333. The Bertz CT molecular complexity index is 402. The number of carboxylic acids is 1. The number of rotatable bonds is 5. The highest BCUT2D eigenvalue weighted by atomic mass is 32.2. The Hall–Kier alpha value is -1.21. The van der Waals surface area contributed by atoms with E-state index in [4.69, 9.17) is 5.11 Å². The first kappa shape index (κ1) is 12.9. The van der Waals surface area contributed by atoms with E-state index < -0.39 is 28.7 Å². The number of carbonyl (C=O) groups excluding carboxylic acids is 1. The number of carbonyl (C=O) groups is 2. The van der Waals surface area contributed by atoms with Gasteiger partial charge in [-0.05, 0) is 11.4 Å². The summed E-state index contributed by atoms with van der Waals surface area (Å²) in [5, 5.41) is 12.8. The standard InChI is InChI=1S/C9H11NO4S2/c1-6(11)10-7(9(12)13)5-16(14)8-3-2-4-15-8/h2-4,7H,5H2,1H3,(H,10,11)(H,12,13). The second-order valence-corrected chi connectivity index (χ2v) is 5.71. The third-order valence-corrected chi connectivity index (χ3v) is 4.44. The maximum atomic E-state index is 11.7. The Labute approximate surface area is 98.9 Å². The minimum absolute atomic E-state index is 0.116. The van der Waals surface area contributed by atoms with Crippen LogP contribution in [0.3, 0.4) is 0 Å². The molecule has 0 aliphatic heterocycles. The number of thiophene rings is 1. The highest BCUT2D eigenvalue weighted by Crippen LogP contribution is 2.14. The van der Waals surface area contributed by atoms with Gasteiger partial charge in [0, 0.05) is 6.92 Å². The fourth-order valence-corrected chi connectivity index (χ4v) is 3.22. The second-order valence-electron chi connectivity index (χ2n) is 3.04. The lowest BCUT2D eigenvalue weighted by atomic mass is 10.3. The maximum absolute atomic E-state index is 11.7. The van der Waals surface area contributed by atoms with Crippen LogP contribution in [0, 0.1) is 0 Å². The quantitative estimate of drug-likeness (QED) is 0.806. The number of hydrogen-bond donors (Lipinski definition) is 2. The van der Waals surface area contributed by atoms with E-state index in [-0.39, 0.29) is 5.75 Å². The summed E-state index contributed by atoms with van der Waals surface area (Å²) in [6.45, 7) is 1.23. The number of nitrogens with one attached hydrogen (secondary N) is 1. The fourth-order valence-electron chi connectivity index (χ4n) is 1.05. The van der Waals surface area contributed by atoms with Gasteiger partial charge in [-0.15, -0.1) is 11.3 Å². The van der Waals surface area contributed by atoms with Crippen LogP contribution in [0.25, 0.3) is 0 Å². The number of hydrogen-bond acceptors (Lipinski definition) is 4. The summed E-state index contributed by atoms with van der Waals surface area (Å²) in [5.74, 6) is -1.74. The minimum Gasteiger partial charge on any atom is -0.480 e. The van der Waals surface area contributed by atoms with Crippen molar-refractivity contribution in [2.45, 2.75) is 17.2 Å². The van der Waals surface area contributed by atoms with Crippen molar-refractivity contribution >= 4 is 34.0 Å². The number of aliphatic carboxylic acids is 1. The van der Waals surface area contributed by atoms with Crippen LogP contribution in [0.4, 0.5) is 0 Å². The van der Waals surface area contributed by atoms with Crippen molar-refractivity contribution in [3.05, 3.63) is 17.5 Å². The molecular weight excluding hydrogens is 250 g/mol. The van der Waals surface area contributed by atoms with E-state index in [2.05, 4.69) is 5.32 Å². The van der Waals surface area contributed by atoms with Crippen molar-refractivity contribution in [1.29, 1.82) is 0 Å². The van der Waals surface area contributed by atoms with Crippen molar-refractivity contribution in [1.82, 2.24) is 5.32 Å². The zero-order valence-corrected chi connectivity index (χ0v) is 10.1. The number of amides is 1. The Morgan fingerprint density at radius 1 is 1.62 bits per heavy atom. The molecule has 0 saturated heterocycles. The molecule has 0 aromatic carbocycles. The SMILES string of the molecule is CC(=O)NC(CS(=O)c1cccs1)C(=O)O. The van der Waals surface area contributed by atoms with Gasteiger partial charge in [0.05, 0.1) is 20.8 Å². The molecule has 2 atom stereocenters. The van der Waals surface area contributed by atoms with Gasteiger partial charge in [-0.25, -0.2) is 4.79 Å². The lowest BCUT2D eigenvalue weighted by Crippen LogP contribution is -2.43. The highest BCUT2D eigenvalue weighted by molar-refractivity contribution is 7.87. The molecule has 1 amide bonds. The topological polar surface area (TPSA) is 83.5 Å². The van der Waals surface area contributed by atoms with Crippen LogP contribution < -0.4 is 5.32 Å². The van der Waals surface area contributed by atoms with Crippen LogP contribution in [0.15, 0.2) is 21.7 Å². The van der Waals surface area contributed by atoms with Crippen LogP contribution in [0.2, 0.25) is 0 Å². The third-order valence-electron chi connectivity index (χ3n) is 1.71. The first-order valence-corrected chi connectivity index (χ1v) is 6.62. The van der Waals surface area contributed by atoms with Crippen LogP contribution in [-0.4, -0.2) is 33.0 Å². The minimum atomic E-state index is -1.40. The molecular formula is C9H11NO4S2. The zero-order chi connectivity index (χ0) is 12.1. The van der Waals surface area contributed by atoms with Gasteiger partial charge >= 0.3 is 5.97 Å². The van der Waals surface area contributed by atoms with E-state index in [1.54, 1.807) is 17.5 Å². The van der Waals surface area contributed by atoms with Crippen molar-refractivity contribution in [2.24, 2.45) is 0 Å². The predicted molar refractivity (Wildman–Crippen MR) is 60.8 cm³/mol. The molecule has 0 radical (unpaired) electrons. The van der Waals surface area contributed by atoms with Crippen LogP contribution in [-0.2, 0) is 20.4 Å². The largest absolute Gasteiger partial charge is 0.480 e. The summed E-state index contributed by atoms with van der Waals surface area (Å²) in [6, 6.07) is 2.31. The van der Waals surface area contributed by atoms with Gasteiger partial charge in [0.15, 0.2) is 0 Å². The average Bonchev–Trinajstić information content (AvgIpc) is 2.68. The molecule has 0 aliphatic rings. The smallest absolute Gasteiger partial charge is 0.327 e. The monoisotopic (exact) mass is 261 g/mol. The van der Waals surface area contributed by atoms with Gasteiger partial charge < -0.3 is 10.4 Å². The van der Waals surface area contributed by atoms with E-state index in [1.807, 2.05) is 0 Å². The van der Waals surface area contributed by atoms with E-state index in [9.17, 15) is 13.8 Å². The molecule has 1 aromatic heterocycles. The lowest BCUT2D eigenvalue weighted by Gasteiger charge is -2.11. The highest BCUT2D eigenvalue weighted by Gasteiger charge is 2.22. The summed E-state index contributed by atoms with van der Waals surface area (Å²) >= 11 is 1.30. The van der Waals surface area contributed by atoms with Gasteiger partial charge in [0.1, 0.15) is 6.04 Å². The van der Waals surface area contributed by atoms with Crippen LogP contribution in [0.5, 0.6) is 0 Å². The molecule has 0 aliphatic carbocycles. The molecule has 0 bridgehead atoms. The first-order chi connectivity index (χ1) is 7.50. The van der Waals surface area contributed by atoms with Crippen molar-refractivity contribution in [3.63, 3.8) is 0 Å². The summed E-state index contributed by atoms with van der Waals surface area (Å²) in [6.07, 6.45) is 0. The Kier molecular flexibility index (Phi) is 4.63. The molecule has 88 valence electrons. The van der Waals surface area contributed by atoms with Crippen molar-refractivity contribution in [2.75, 3.05) is 5.75 Å². The van der Waals surface area contributed by atoms with E-state index >= 15 is 0 Å². The van der Waals surface area contributed by atoms with Gasteiger partial charge in [0.2, 0.25) is 5.91 Å². The molecule has 0 fully saturated rings. The summed E-state index contributed by atoms with van der Waals surface area (Å²) in [5.41, 5.74) is 0. The van der Waals surface area contributed by atoms with E-state index in [0.29, 0.717) is 4.21 Å². The molecule has 2 N–H and O–H groups in total. The van der Waals surface area contributed by atoms with E-state index in [1.165, 1.54) is 18.3 Å². The molecule has 5 nitrogen and oxygen atoms in total. The maximum Gasteiger partial charge on any atom is 0.327 e. The van der Waals surface area contributed by atoms with Gasteiger partial charge in [0.25, 0.3) is 0 Å². The van der Waals surface area contributed by atoms with Gasteiger partial charge in [-0.2, -0.15) is 0 Å². The molecule has 16 heavy (non-hydrogen) atoms. The van der Waals surface area contributed by atoms with Crippen molar-refractivity contribution in [3.8, 4) is 0 Å². The second kappa shape index (κ2) is 5.76. The molecule has 7 heteroatoms. The Balaban J connectivity index is 2.65. The molecule has 0 saturated carbocycles. The van der Waals surface area contributed by atoms with Crippen LogP contribution >= 0.6 is 11.3 Å². The Morgan fingerprint density at radius 2 is 2.31 bits per heavy atom. The molecule has 1 aromatic rings. The molecule has 2 unspecified atom stereocenters. The molecule has 0 spiro atoms. The number of carboxylic acid groups (broad SMARTS) is 1. The molecule has 1 heterocycles. The molecule has 1 rings (SSSR count). The first-order valence-electron chi connectivity index (χ1n) is 4.42. The van der Waals surface area contributed by atoms with Crippen LogP contribution in [0.1, 0.15) is 6.92 Å². The third kappa shape index (κ3) is 3.74. The summed E-state index contributed by atoms with van der Waals surface area (Å²) in [4.78, 5) is 21.6. The van der Waals surface area contributed by atoms with Gasteiger partial charge in [-0.3, -0.25) is 9.00 Å². The lowest BCUT2D eigenvalue weighted by molar-refractivity contribution is -0.140.